The average molecular weight is 324 g/mol. The molecule has 124 valence electrons. The molecule has 0 saturated carbocycles. The summed E-state index contributed by atoms with van der Waals surface area (Å²) in [6.45, 7) is 0.624. The van der Waals surface area contributed by atoms with E-state index in [9.17, 15) is 9.59 Å². The van der Waals surface area contributed by atoms with Crippen molar-refractivity contribution < 1.29 is 9.59 Å². The van der Waals surface area contributed by atoms with Gasteiger partial charge in [0.2, 0.25) is 5.91 Å². The first kappa shape index (κ1) is 16.0. The van der Waals surface area contributed by atoms with Gasteiger partial charge in [0.1, 0.15) is 5.82 Å². The van der Waals surface area contributed by atoms with Crippen LogP contribution in [0.4, 0.5) is 11.5 Å². The molecule has 0 radical (unpaired) electrons. The molecule has 6 nitrogen and oxygen atoms in total. The second kappa shape index (κ2) is 6.70. The van der Waals surface area contributed by atoms with Crippen LogP contribution >= 0.6 is 0 Å². The Morgan fingerprint density at radius 2 is 2.00 bits per heavy atom. The van der Waals surface area contributed by atoms with Gasteiger partial charge in [0.15, 0.2) is 0 Å². The van der Waals surface area contributed by atoms with Gasteiger partial charge in [-0.25, -0.2) is 4.98 Å². The highest BCUT2D eigenvalue weighted by atomic mass is 16.2. The molecule has 0 unspecified atom stereocenters. The van der Waals surface area contributed by atoms with Gasteiger partial charge in [-0.1, -0.05) is 18.2 Å². The zero-order chi connectivity index (χ0) is 17.1. The Hall–Kier alpha value is -2.89. The van der Waals surface area contributed by atoms with Crippen LogP contribution in [-0.4, -0.2) is 44.0 Å². The predicted octanol–water partition coefficient (Wildman–Crippen LogP) is 1.47. The summed E-state index contributed by atoms with van der Waals surface area (Å²) in [5, 5.41) is 2.70. The van der Waals surface area contributed by atoms with Gasteiger partial charge >= 0.3 is 0 Å². The normalized spacial score (nSPS) is 12.7. The van der Waals surface area contributed by atoms with Crippen LogP contribution in [0.1, 0.15) is 15.9 Å². The molecule has 6 heteroatoms. The average Bonchev–Trinajstić information content (AvgIpc) is 3.03. The van der Waals surface area contributed by atoms with Crippen LogP contribution in [0.5, 0.6) is 0 Å². The van der Waals surface area contributed by atoms with Gasteiger partial charge in [-0.05, 0) is 30.2 Å². The molecule has 24 heavy (non-hydrogen) atoms. The van der Waals surface area contributed by atoms with Gasteiger partial charge in [0, 0.05) is 32.5 Å². The van der Waals surface area contributed by atoms with Crippen molar-refractivity contribution >= 4 is 23.3 Å². The molecule has 2 heterocycles. The molecule has 3 rings (SSSR count). The number of anilines is 2. The van der Waals surface area contributed by atoms with Gasteiger partial charge in [-0.3, -0.25) is 9.59 Å². The number of nitrogens with one attached hydrogen (secondary N) is 1. The lowest BCUT2D eigenvalue weighted by atomic mass is 10.2. The van der Waals surface area contributed by atoms with Crippen molar-refractivity contribution in [3.8, 4) is 0 Å². The molecule has 2 aromatic rings. The Labute approximate surface area is 141 Å². The van der Waals surface area contributed by atoms with E-state index < -0.39 is 0 Å². The third-order valence-corrected chi connectivity index (χ3v) is 4.04. The number of rotatable bonds is 4. The number of aromatic nitrogens is 1. The molecule has 1 N–H and O–H groups in total. The molecule has 0 atom stereocenters. The van der Waals surface area contributed by atoms with Gasteiger partial charge in [0.25, 0.3) is 5.91 Å². The zero-order valence-electron chi connectivity index (χ0n) is 13.8. The lowest BCUT2D eigenvalue weighted by Crippen LogP contribution is -2.39. The second-order valence-corrected chi connectivity index (χ2v) is 5.88. The molecular weight excluding hydrogens is 304 g/mol. The number of pyridine rings is 1. The fraction of sp³-hybridized carbons (Fsp3) is 0.278. The maximum Gasteiger partial charge on any atom is 0.255 e. The Balaban J connectivity index is 1.66. The van der Waals surface area contributed by atoms with Crippen molar-refractivity contribution in [1.82, 2.24) is 10.3 Å². The van der Waals surface area contributed by atoms with Crippen molar-refractivity contribution in [2.24, 2.45) is 0 Å². The fourth-order valence-electron chi connectivity index (χ4n) is 2.87. The van der Waals surface area contributed by atoms with E-state index in [4.69, 9.17) is 0 Å². The Bertz CT molecular complexity index is 773. The molecule has 1 aliphatic rings. The first-order valence-electron chi connectivity index (χ1n) is 7.86. The molecule has 0 bridgehead atoms. The first-order chi connectivity index (χ1) is 11.6. The van der Waals surface area contributed by atoms with Crippen LogP contribution in [0, 0.1) is 0 Å². The standard InChI is InChI=1S/C18H20N4O2/c1-21(2)17-14(7-5-10-19-17)18(24)20-12-16(23)22-11-9-13-6-3-4-8-15(13)22/h3-8,10H,9,11-12H2,1-2H3,(H,20,24). The molecule has 0 spiro atoms. The molecule has 0 aliphatic carbocycles. The molecular formula is C18H20N4O2. The summed E-state index contributed by atoms with van der Waals surface area (Å²) in [5.74, 6) is 0.171. The van der Waals surface area contributed by atoms with Crippen LogP contribution in [0.15, 0.2) is 42.6 Å². The summed E-state index contributed by atoms with van der Waals surface area (Å²) < 4.78 is 0. The van der Waals surface area contributed by atoms with E-state index in [1.165, 1.54) is 5.56 Å². The van der Waals surface area contributed by atoms with Gasteiger partial charge in [0.05, 0.1) is 12.1 Å². The highest BCUT2D eigenvalue weighted by molar-refractivity contribution is 6.03. The quantitative estimate of drug-likeness (QED) is 0.925. The van der Waals surface area contributed by atoms with Crippen molar-refractivity contribution in [3.05, 3.63) is 53.7 Å². The fourth-order valence-corrected chi connectivity index (χ4v) is 2.87. The van der Waals surface area contributed by atoms with Crippen LogP contribution < -0.4 is 15.1 Å². The van der Waals surface area contributed by atoms with Crippen LogP contribution in [-0.2, 0) is 11.2 Å². The number of benzene rings is 1. The number of para-hydroxylation sites is 1. The topological polar surface area (TPSA) is 65.5 Å². The SMILES string of the molecule is CN(C)c1ncccc1C(=O)NCC(=O)N1CCc2ccccc21. The van der Waals surface area contributed by atoms with Crippen molar-refractivity contribution in [3.63, 3.8) is 0 Å². The minimum absolute atomic E-state index is 0.0328. The number of nitrogens with zero attached hydrogens (tertiary/aromatic N) is 3. The third-order valence-electron chi connectivity index (χ3n) is 4.04. The Morgan fingerprint density at radius 1 is 1.21 bits per heavy atom. The predicted molar refractivity (Wildman–Crippen MR) is 93.4 cm³/mol. The highest BCUT2D eigenvalue weighted by Gasteiger charge is 2.24. The third kappa shape index (κ3) is 3.08. The minimum atomic E-state index is -0.298. The second-order valence-electron chi connectivity index (χ2n) is 5.88. The van der Waals surface area contributed by atoms with Gasteiger partial charge in [-0.15, -0.1) is 0 Å². The molecule has 1 aromatic carbocycles. The number of hydrogen-bond acceptors (Lipinski definition) is 4. The molecule has 0 saturated heterocycles. The monoisotopic (exact) mass is 324 g/mol. The van der Waals surface area contributed by atoms with Crippen LogP contribution in [0.3, 0.4) is 0 Å². The van der Waals surface area contributed by atoms with Crippen molar-refractivity contribution in [2.75, 3.05) is 37.0 Å². The van der Waals surface area contributed by atoms with E-state index in [0.717, 1.165) is 12.1 Å². The summed E-state index contributed by atoms with van der Waals surface area (Å²) in [5.41, 5.74) is 2.56. The van der Waals surface area contributed by atoms with Gasteiger partial charge < -0.3 is 15.1 Å². The first-order valence-corrected chi connectivity index (χ1v) is 7.86. The molecule has 0 fully saturated rings. The number of carbonyl (C=O) groups excluding carboxylic acids is 2. The zero-order valence-corrected chi connectivity index (χ0v) is 13.8. The van der Waals surface area contributed by atoms with E-state index in [-0.39, 0.29) is 18.4 Å². The van der Waals surface area contributed by atoms with E-state index in [1.807, 2.05) is 38.4 Å². The lowest BCUT2D eigenvalue weighted by molar-refractivity contribution is -0.117. The summed E-state index contributed by atoms with van der Waals surface area (Å²) in [4.78, 5) is 32.5. The Morgan fingerprint density at radius 3 is 2.79 bits per heavy atom. The number of amides is 2. The van der Waals surface area contributed by atoms with E-state index >= 15 is 0 Å². The molecule has 1 aromatic heterocycles. The molecule has 1 aliphatic heterocycles. The van der Waals surface area contributed by atoms with E-state index in [1.54, 1.807) is 28.1 Å². The highest BCUT2D eigenvalue weighted by Crippen LogP contribution is 2.27. The summed E-state index contributed by atoms with van der Waals surface area (Å²) in [6, 6.07) is 11.3. The summed E-state index contributed by atoms with van der Waals surface area (Å²) >= 11 is 0. The van der Waals surface area contributed by atoms with Gasteiger partial charge in [-0.2, -0.15) is 0 Å². The number of carbonyl (C=O) groups is 2. The maximum atomic E-state index is 12.4. The molecule has 2 amide bonds. The number of hydrogen-bond donors (Lipinski definition) is 1. The summed E-state index contributed by atoms with van der Waals surface area (Å²) in [6.07, 6.45) is 2.49. The van der Waals surface area contributed by atoms with Crippen molar-refractivity contribution in [2.45, 2.75) is 6.42 Å². The minimum Gasteiger partial charge on any atom is -0.362 e. The smallest absolute Gasteiger partial charge is 0.255 e. The van der Waals surface area contributed by atoms with Crippen LogP contribution in [0.2, 0.25) is 0 Å². The van der Waals surface area contributed by atoms with E-state index in [2.05, 4.69) is 10.3 Å². The van der Waals surface area contributed by atoms with E-state index in [0.29, 0.717) is 17.9 Å². The van der Waals surface area contributed by atoms with Crippen LogP contribution in [0.25, 0.3) is 0 Å². The maximum absolute atomic E-state index is 12.4. The largest absolute Gasteiger partial charge is 0.362 e. The lowest BCUT2D eigenvalue weighted by Gasteiger charge is -2.18. The van der Waals surface area contributed by atoms with Crippen molar-refractivity contribution in [1.29, 1.82) is 0 Å². The summed E-state index contributed by atoms with van der Waals surface area (Å²) in [7, 11) is 3.65. The number of fused-ring (bicyclic) bond motifs is 1. The Kier molecular flexibility index (Phi) is 4.46.